The van der Waals surface area contributed by atoms with Crippen LogP contribution in [-0.4, -0.2) is 9.97 Å². The molecule has 0 aromatic carbocycles. The Bertz CT molecular complexity index is 317. The minimum absolute atomic E-state index is 0.252. The summed E-state index contributed by atoms with van der Waals surface area (Å²) in [6, 6.07) is 0. The molecule has 0 saturated heterocycles. The van der Waals surface area contributed by atoms with Crippen LogP contribution >= 0.6 is 0 Å². The molecule has 0 unspecified atom stereocenters. The summed E-state index contributed by atoms with van der Waals surface area (Å²) in [5.74, 6) is 0.732. The monoisotopic (exact) mass is 164 g/mol. The summed E-state index contributed by atoms with van der Waals surface area (Å²) in [5, 5.41) is 0. The van der Waals surface area contributed by atoms with Gasteiger partial charge < -0.3 is 11.5 Å². The van der Waals surface area contributed by atoms with E-state index in [0.29, 0.717) is 5.69 Å². The van der Waals surface area contributed by atoms with Crippen molar-refractivity contribution in [2.75, 3.05) is 5.73 Å². The second-order valence-corrected chi connectivity index (χ2v) is 3.38. The number of hydrogen-bond donors (Lipinski definition) is 2. The molecule has 12 heavy (non-hydrogen) atoms. The van der Waals surface area contributed by atoms with Gasteiger partial charge in [0.2, 0.25) is 0 Å². The molecule has 1 aromatic heterocycles. The molecule has 0 aliphatic heterocycles. The first-order valence-corrected chi connectivity index (χ1v) is 4.00. The zero-order valence-electron chi connectivity index (χ0n) is 7.04. The molecule has 0 amide bonds. The van der Waals surface area contributed by atoms with Crippen LogP contribution < -0.4 is 11.5 Å². The molecule has 0 atom stereocenters. The number of aromatic nitrogens is 2. The van der Waals surface area contributed by atoms with Gasteiger partial charge in [-0.05, 0) is 19.8 Å². The number of hydrogen-bond acceptors (Lipinski definition) is 4. The lowest BCUT2D eigenvalue weighted by Crippen LogP contribution is -2.22. The van der Waals surface area contributed by atoms with Crippen molar-refractivity contribution >= 4 is 5.69 Å². The molecule has 2 rings (SSSR count). The number of anilines is 1. The largest absolute Gasteiger partial charge is 0.396 e. The van der Waals surface area contributed by atoms with E-state index in [0.717, 1.165) is 24.4 Å². The summed E-state index contributed by atoms with van der Waals surface area (Å²) in [5.41, 5.74) is 12.9. The first-order chi connectivity index (χ1) is 5.62. The van der Waals surface area contributed by atoms with Crippen LogP contribution in [0.3, 0.4) is 0 Å². The predicted molar refractivity (Wildman–Crippen MR) is 46.3 cm³/mol. The molecule has 0 spiro atoms. The lowest BCUT2D eigenvalue weighted by Gasteiger charge is -2.10. The molecule has 1 heterocycles. The Morgan fingerprint density at radius 1 is 1.50 bits per heavy atom. The Hall–Kier alpha value is -1.16. The van der Waals surface area contributed by atoms with Crippen LogP contribution in [0.15, 0.2) is 6.20 Å². The van der Waals surface area contributed by atoms with Crippen LogP contribution in [0, 0.1) is 6.92 Å². The molecule has 4 N–H and O–H groups in total. The number of nitrogens with zero attached hydrogens (tertiary/aromatic N) is 2. The summed E-state index contributed by atoms with van der Waals surface area (Å²) < 4.78 is 0. The topological polar surface area (TPSA) is 77.8 Å². The standard InChI is InChI=1S/C8H12N4/c1-5-11-4-6(9)7(12-5)8(10)2-3-8/h4H,2-3,9-10H2,1H3. The Morgan fingerprint density at radius 3 is 2.75 bits per heavy atom. The third-order valence-corrected chi connectivity index (χ3v) is 2.20. The molecule has 1 aliphatic rings. The van der Waals surface area contributed by atoms with Crippen molar-refractivity contribution in [3.63, 3.8) is 0 Å². The average Bonchev–Trinajstić information content (AvgIpc) is 2.75. The lowest BCUT2D eigenvalue weighted by molar-refractivity contribution is 0.701. The van der Waals surface area contributed by atoms with Gasteiger partial charge in [-0.1, -0.05) is 0 Å². The van der Waals surface area contributed by atoms with Gasteiger partial charge in [0.25, 0.3) is 0 Å². The van der Waals surface area contributed by atoms with Gasteiger partial charge in [-0.2, -0.15) is 0 Å². The van der Waals surface area contributed by atoms with Crippen molar-refractivity contribution in [1.29, 1.82) is 0 Å². The summed E-state index contributed by atoms with van der Waals surface area (Å²) in [7, 11) is 0. The van der Waals surface area contributed by atoms with E-state index in [9.17, 15) is 0 Å². The van der Waals surface area contributed by atoms with E-state index in [4.69, 9.17) is 11.5 Å². The average molecular weight is 164 g/mol. The van der Waals surface area contributed by atoms with Gasteiger partial charge in [-0.3, -0.25) is 0 Å². The van der Waals surface area contributed by atoms with Crippen LogP contribution in [0.4, 0.5) is 5.69 Å². The third-order valence-electron chi connectivity index (χ3n) is 2.20. The van der Waals surface area contributed by atoms with Crippen molar-refractivity contribution in [2.24, 2.45) is 5.73 Å². The molecule has 1 fully saturated rings. The Kier molecular flexibility index (Phi) is 1.35. The lowest BCUT2D eigenvalue weighted by atomic mass is 10.1. The maximum atomic E-state index is 5.97. The minimum atomic E-state index is -0.252. The number of aryl methyl sites for hydroxylation is 1. The highest BCUT2D eigenvalue weighted by molar-refractivity contribution is 5.46. The summed E-state index contributed by atoms with van der Waals surface area (Å²) in [6.07, 6.45) is 3.59. The molecule has 4 nitrogen and oxygen atoms in total. The van der Waals surface area contributed by atoms with Crippen LogP contribution in [0.5, 0.6) is 0 Å². The minimum Gasteiger partial charge on any atom is -0.396 e. The molecular weight excluding hydrogens is 152 g/mol. The smallest absolute Gasteiger partial charge is 0.125 e. The van der Waals surface area contributed by atoms with Crippen LogP contribution in [0.2, 0.25) is 0 Å². The van der Waals surface area contributed by atoms with Gasteiger partial charge in [0, 0.05) is 0 Å². The molecule has 0 bridgehead atoms. The highest BCUT2D eigenvalue weighted by Crippen LogP contribution is 2.43. The molecular formula is C8H12N4. The zero-order valence-corrected chi connectivity index (χ0v) is 7.04. The number of nitrogen functional groups attached to an aromatic ring is 1. The van der Waals surface area contributed by atoms with Gasteiger partial charge >= 0.3 is 0 Å². The van der Waals surface area contributed by atoms with E-state index in [2.05, 4.69) is 9.97 Å². The van der Waals surface area contributed by atoms with Crippen molar-refractivity contribution in [3.8, 4) is 0 Å². The maximum Gasteiger partial charge on any atom is 0.125 e. The highest BCUT2D eigenvalue weighted by Gasteiger charge is 2.43. The molecule has 1 aromatic rings. The van der Waals surface area contributed by atoms with E-state index in [-0.39, 0.29) is 5.54 Å². The van der Waals surface area contributed by atoms with Gasteiger partial charge in [-0.15, -0.1) is 0 Å². The quantitative estimate of drug-likeness (QED) is 0.626. The van der Waals surface area contributed by atoms with Gasteiger partial charge in [-0.25, -0.2) is 9.97 Å². The molecule has 1 aliphatic carbocycles. The first-order valence-electron chi connectivity index (χ1n) is 4.00. The van der Waals surface area contributed by atoms with Crippen molar-refractivity contribution < 1.29 is 0 Å². The fraction of sp³-hybridized carbons (Fsp3) is 0.500. The van der Waals surface area contributed by atoms with E-state index in [1.54, 1.807) is 6.20 Å². The Morgan fingerprint density at radius 2 is 2.17 bits per heavy atom. The van der Waals surface area contributed by atoms with Crippen LogP contribution in [0.25, 0.3) is 0 Å². The summed E-state index contributed by atoms with van der Waals surface area (Å²) >= 11 is 0. The Labute approximate surface area is 71.0 Å². The molecule has 64 valence electrons. The molecule has 1 saturated carbocycles. The van der Waals surface area contributed by atoms with E-state index >= 15 is 0 Å². The van der Waals surface area contributed by atoms with Gasteiger partial charge in [0.15, 0.2) is 0 Å². The number of nitrogens with two attached hydrogens (primary N) is 2. The van der Waals surface area contributed by atoms with Crippen molar-refractivity contribution in [1.82, 2.24) is 9.97 Å². The maximum absolute atomic E-state index is 5.97. The third kappa shape index (κ3) is 1.04. The molecule has 4 heteroatoms. The molecule has 0 radical (unpaired) electrons. The summed E-state index contributed by atoms with van der Waals surface area (Å²) in [4.78, 5) is 8.23. The summed E-state index contributed by atoms with van der Waals surface area (Å²) in [6.45, 7) is 1.84. The van der Waals surface area contributed by atoms with Gasteiger partial charge in [0.05, 0.1) is 23.1 Å². The van der Waals surface area contributed by atoms with Crippen molar-refractivity contribution in [3.05, 3.63) is 17.7 Å². The predicted octanol–water partition coefficient (Wildman–Crippen LogP) is 0.315. The second kappa shape index (κ2) is 2.17. The van der Waals surface area contributed by atoms with E-state index in [1.165, 1.54) is 0 Å². The number of rotatable bonds is 1. The Balaban J connectivity index is 2.48. The second-order valence-electron chi connectivity index (χ2n) is 3.38. The van der Waals surface area contributed by atoms with Crippen LogP contribution in [-0.2, 0) is 5.54 Å². The zero-order chi connectivity index (χ0) is 8.77. The van der Waals surface area contributed by atoms with Crippen LogP contribution in [0.1, 0.15) is 24.4 Å². The fourth-order valence-electron chi connectivity index (χ4n) is 1.25. The van der Waals surface area contributed by atoms with E-state index < -0.39 is 0 Å². The highest BCUT2D eigenvalue weighted by atomic mass is 15.0. The normalized spacial score (nSPS) is 19.2. The first kappa shape index (κ1) is 7.49. The van der Waals surface area contributed by atoms with E-state index in [1.807, 2.05) is 6.92 Å². The van der Waals surface area contributed by atoms with Crippen molar-refractivity contribution in [2.45, 2.75) is 25.3 Å². The van der Waals surface area contributed by atoms with Gasteiger partial charge in [0.1, 0.15) is 5.82 Å². The fourth-order valence-corrected chi connectivity index (χ4v) is 1.25. The SMILES string of the molecule is Cc1ncc(N)c(C2(N)CC2)n1.